The van der Waals surface area contributed by atoms with E-state index in [4.69, 9.17) is 0 Å². The summed E-state index contributed by atoms with van der Waals surface area (Å²) >= 11 is 3.59. The quantitative estimate of drug-likeness (QED) is 0.753. The van der Waals surface area contributed by atoms with Crippen LogP contribution in [0.4, 0.5) is 0 Å². The van der Waals surface area contributed by atoms with E-state index in [0.717, 1.165) is 4.60 Å². The molecule has 0 saturated heterocycles. The lowest BCUT2D eigenvalue weighted by Crippen LogP contribution is -2.21. The van der Waals surface area contributed by atoms with Crippen LogP contribution in [0, 0.1) is 0 Å². The highest BCUT2D eigenvalue weighted by molar-refractivity contribution is 9.10. The van der Waals surface area contributed by atoms with E-state index >= 15 is 0 Å². The summed E-state index contributed by atoms with van der Waals surface area (Å²) in [6.45, 7) is 0. The summed E-state index contributed by atoms with van der Waals surface area (Å²) in [6, 6.07) is 0.716. The third-order valence-corrected chi connectivity index (χ3v) is 4.22. The summed E-state index contributed by atoms with van der Waals surface area (Å²) in [5.41, 5.74) is 3.01. The predicted molar refractivity (Wildman–Crippen MR) is 59.5 cm³/mol. The summed E-state index contributed by atoms with van der Waals surface area (Å²) in [6.07, 6.45) is 9.20. The number of fused-ring (bicyclic) bond motifs is 1. The Kier molecular flexibility index (Phi) is 2.15. The van der Waals surface area contributed by atoms with Gasteiger partial charge >= 0.3 is 0 Å². The Morgan fingerprint density at radius 1 is 1.14 bits per heavy atom. The number of hydrogen-bond donors (Lipinski definition) is 0. The molecule has 0 amide bonds. The fraction of sp³-hybridized carbons (Fsp3) is 0.727. The first kappa shape index (κ1) is 8.96. The lowest BCUT2D eigenvalue weighted by molar-refractivity contribution is 0.280. The van der Waals surface area contributed by atoms with Gasteiger partial charge in [-0.1, -0.05) is 0 Å². The molecule has 1 aromatic heterocycles. The van der Waals surface area contributed by atoms with E-state index < -0.39 is 0 Å². The van der Waals surface area contributed by atoms with Gasteiger partial charge in [0, 0.05) is 11.3 Å². The van der Waals surface area contributed by atoms with Crippen molar-refractivity contribution in [1.29, 1.82) is 0 Å². The Labute approximate surface area is 92.8 Å². The van der Waals surface area contributed by atoms with Crippen molar-refractivity contribution in [3.8, 4) is 0 Å². The smallest absolute Gasteiger partial charge is 0.131 e. The molecule has 1 aromatic rings. The molecule has 1 heterocycles. The first-order valence-electron chi connectivity index (χ1n) is 5.62. The first-order valence-corrected chi connectivity index (χ1v) is 6.41. The predicted octanol–water partition coefficient (Wildman–Crippen LogP) is 3.25. The molecule has 2 aliphatic carbocycles. The van der Waals surface area contributed by atoms with Crippen molar-refractivity contribution in [3.63, 3.8) is 0 Å². The second kappa shape index (κ2) is 3.37. The fourth-order valence-electron chi connectivity index (χ4n) is 2.51. The zero-order chi connectivity index (χ0) is 9.54. The van der Waals surface area contributed by atoms with Crippen molar-refractivity contribution in [2.75, 3.05) is 0 Å². The van der Waals surface area contributed by atoms with Gasteiger partial charge in [-0.25, -0.2) is 0 Å². The minimum Gasteiger partial charge on any atom is -0.265 e. The van der Waals surface area contributed by atoms with Gasteiger partial charge in [0.2, 0.25) is 0 Å². The molecule has 0 radical (unpaired) electrons. The molecule has 0 atom stereocenters. The highest BCUT2D eigenvalue weighted by Gasteiger charge is 2.27. The summed E-state index contributed by atoms with van der Waals surface area (Å²) < 4.78 is 3.42. The van der Waals surface area contributed by atoms with Crippen LogP contribution >= 0.6 is 15.9 Å². The SMILES string of the molecule is Brc1nn(C2CCC2)c2c1CCCC2. The van der Waals surface area contributed by atoms with E-state index in [1.54, 1.807) is 0 Å². The lowest BCUT2D eigenvalue weighted by atomic mass is 9.91. The van der Waals surface area contributed by atoms with Crippen LogP contribution in [-0.2, 0) is 12.8 Å². The molecule has 2 nitrogen and oxygen atoms in total. The number of rotatable bonds is 1. The van der Waals surface area contributed by atoms with Gasteiger partial charge < -0.3 is 0 Å². The van der Waals surface area contributed by atoms with Gasteiger partial charge in [-0.05, 0) is 60.9 Å². The number of aromatic nitrogens is 2. The van der Waals surface area contributed by atoms with E-state index in [-0.39, 0.29) is 0 Å². The molecular formula is C11H15BrN2. The van der Waals surface area contributed by atoms with Crippen LogP contribution in [0.25, 0.3) is 0 Å². The standard InChI is InChI=1S/C11H15BrN2/c12-11-9-6-1-2-7-10(9)14(13-11)8-4-3-5-8/h8H,1-7H2. The number of hydrogen-bond acceptors (Lipinski definition) is 1. The van der Waals surface area contributed by atoms with Gasteiger partial charge in [0.05, 0.1) is 6.04 Å². The summed E-state index contributed by atoms with van der Waals surface area (Å²) in [5, 5.41) is 4.65. The normalized spacial score (nSPS) is 21.8. The Balaban J connectivity index is 2.02. The van der Waals surface area contributed by atoms with Gasteiger partial charge in [0.15, 0.2) is 0 Å². The summed E-state index contributed by atoms with van der Waals surface area (Å²) in [7, 11) is 0. The van der Waals surface area contributed by atoms with Crippen LogP contribution in [0.2, 0.25) is 0 Å². The van der Waals surface area contributed by atoms with Crippen molar-refractivity contribution in [2.45, 2.75) is 51.0 Å². The van der Waals surface area contributed by atoms with Crippen LogP contribution in [0.3, 0.4) is 0 Å². The molecule has 0 N–H and O–H groups in total. The molecule has 0 aromatic carbocycles. The molecule has 14 heavy (non-hydrogen) atoms. The number of halogens is 1. The maximum absolute atomic E-state index is 4.65. The highest BCUT2D eigenvalue weighted by Crippen LogP contribution is 2.36. The highest BCUT2D eigenvalue weighted by atomic mass is 79.9. The van der Waals surface area contributed by atoms with Crippen LogP contribution in [0.5, 0.6) is 0 Å². The molecule has 0 bridgehead atoms. The van der Waals surface area contributed by atoms with E-state index in [2.05, 4.69) is 25.7 Å². The molecular weight excluding hydrogens is 240 g/mol. The monoisotopic (exact) mass is 254 g/mol. The molecule has 0 unspecified atom stereocenters. The minimum absolute atomic E-state index is 0.716. The average Bonchev–Trinajstić information content (AvgIpc) is 2.43. The van der Waals surface area contributed by atoms with Gasteiger partial charge in [-0.3, -0.25) is 4.68 Å². The van der Waals surface area contributed by atoms with Gasteiger partial charge in [0.1, 0.15) is 4.60 Å². The molecule has 1 fully saturated rings. The maximum Gasteiger partial charge on any atom is 0.131 e. The van der Waals surface area contributed by atoms with Gasteiger partial charge in [0.25, 0.3) is 0 Å². The third kappa shape index (κ3) is 1.25. The fourth-order valence-corrected chi connectivity index (χ4v) is 3.11. The second-order valence-corrected chi connectivity index (χ2v) is 5.20. The van der Waals surface area contributed by atoms with E-state index in [1.165, 1.54) is 56.2 Å². The van der Waals surface area contributed by atoms with Crippen LogP contribution in [0.1, 0.15) is 49.4 Å². The summed E-state index contributed by atoms with van der Waals surface area (Å²) in [5.74, 6) is 0. The van der Waals surface area contributed by atoms with Crippen LogP contribution < -0.4 is 0 Å². The Bertz CT molecular complexity index is 352. The van der Waals surface area contributed by atoms with Gasteiger partial charge in [-0.2, -0.15) is 5.10 Å². The molecule has 1 saturated carbocycles. The molecule has 76 valence electrons. The second-order valence-electron chi connectivity index (χ2n) is 4.45. The zero-order valence-corrected chi connectivity index (χ0v) is 9.89. The third-order valence-electron chi connectivity index (χ3n) is 3.58. The first-order chi connectivity index (χ1) is 6.86. The summed E-state index contributed by atoms with van der Waals surface area (Å²) in [4.78, 5) is 0. The van der Waals surface area contributed by atoms with Crippen molar-refractivity contribution in [2.24, 2.45) is 0 Å². The molecule has 3 heteroatoms. The topological polar surface area (TPSA) is 17.8 Å². The lowest BCUT2D eigenvalue weighted by Gasteiger charge is -2.28. The Hall–Kier alpha value is -0.310. The van der Waals surface area contributed by atoms with Crippen molar-refractivity contribution in [1.82, 2.24) is 9.78 Å². The number of nitrogens with zero attached hydrogens (tertiary/aromatic N) is 2. The van der Waals surface area contributed by atoms with E-state index in [0.29, 0.717) is 6.04 Å². The zero-order valence-electron chi connectivity index (χ0n) is 8.30. The molecule has 0 aliphatic heterocycles. The van der Waals surface area contributed by atoms with Crippen LogP contribution in [0.15, 0.2) is 4.60 Å². The van der Waals surface area contributed by atoms with E-state index in [1.807, 2.05) is 0 Å². The van der Waals surface area contributed by atoms with Crippen LogP contribution in [-0.4, -0.2) is 9.78 Å². The molecule has 0 spiro atoms. The Morgan fingerprint density at radius 3 is 2.64 bits per heavy atom. The maximum atomic E-state index is 4.65. The Morgan fingerprint density at radius 2 is 1.93 bits per heavy atom. The molecule has 2 aliphatic rings. The van der Waals surface area contributed by atoms with Gasteiger partial charge in [-0.15, -0.1) is 0 Å². The molecule has 3 rings (SSSR count). The van der Waals surface area contributed by atoms with E-state index in [9.17, 15) is 0 Å². The minimum atomic E-state index is 0.716. The van der Waals surface area contributed by atoms with Crippen molar-refractivity contribution in [3.05, 3.63) is 15.9 Å². The average molecular weight is 255 g/mol. The largest absolute Gasteiger partial charge is 0.265 e. The van der Waals surface area contributed by atoms with Crippen molar-refractivity contribution < 1.29 is 0 Å². The van der Waals surface area contributed by atoms with Crippen molar-refractivity contribution >= 4 is 15.9 Å².